The monoisotopic (exact) mass is 429 g/mol. The van der Waals surface area contributed by atoms with E-state index in [4.69, 9.17) is 5.10 Å². The summed E-state index contributed by atoms with van der Waals surface area (Å²) in [6.07, 6.45) is 3.32. The molecule has 7 nitrogen and oxygen atoms in total. The van der Waals surface area contributed by atoms with E-state index in [-0.39, 0.29) is 11.1 Å². The Kier molecular flexibility index (Phi) is 5.39. The quantitative estimate of drug-likeness (QED) is 0.489. The lowest BCUT2D eigenvalue weighted by atomic mass is 10.1. The van der Waals surface area contributed by atoms with Crippen molar-refractivity contribution in [2.75, 3.05) is 18.0 Å². The van der Waals surface area contributed by atoms with Gasteiger partial charge in [-0.3, -0.25) is 14.3 Å². The summed E-state index contributed by atoms with van der Waals surface area (Å²) in [6, 6.07) is 19.7. The lowest BCUT2D eigenvalue weighted by molar-refractivity contribution is 0.501. The van der Waals surface area contributed by atoms with Crippen LogP contribution in [-0.4, -0.2) is 32.2 Å². The molecule has 164 valence electrons. The summed E-state index contributed by atoms with van der Waals surface area (Å²) in [7, 11) is 1.67. The molecule has 0 N–H and O–H groups in total. The van der Waals surface area contributed by atoms with Crippen molar-refractivity contribution >= 4 is 16.7 Å². The molecule has 0 aliphatic carbocycles. The van der Waals surface area contributed by atoms with Crippen LogP contribution >= 0.6 is 0 Å². The molecule has 0 bridgehead atoms. The molecule has 3 heterocycles. The standard InChI is InChI=1S/C25H27N5O2/c1-27-24(31)21-22(25(32)30(27)18-20-13-7-3-8-14-20)29(17-19-11-5-2-6-12-19)26-23(21)28-15-9-4-10-16-28/h2-3,5-8,11-14H,4,9-10,15-18H2,1H3. The predicted octanol–water partition coefficient (Wildman–Crippen LogP) is 2.98. The van der Waals surface area contributed by atoms with Gasteiger partial charge in [0, 0.05) is 20.1 Å². The van der Waals surface area contributed by atoms with Gasteiger partial charge in [0.25, 0.3) is 11.1 Å². The molecular formula is C25H27N5O2. The fraction of sp³-hybridized carbons (Fsp3) is 0.320. The van der Waals surface area contributed by atoms with Crippen LogP contribution in [0.3, 0.4) is 0 Å². The fourth-order valence-electron chi connectivity index (χ4n) is 4.53. The van der Waals surface area contributed by atoms with E-state index in [2.05, 4.69) is 4.90 Å². The average Bonchev–Trinajstić information content (AvgIpc) is 3.21. The lowest BCUT2D eigenvalue weighted by Gasteiger charge is -2.26. The van der Waals surface area contributed by atoms with Crippen molar-refractivity contribution in [1.29, 1.82) is 0 Å². The van der Waals surface area contributed by atoms with Gasteiger partial charge < -0.3 is 4.90 Å². The second-order valence-electron chi connectivity index (χ2n) is 8.42. The van der Waals surface area contributed by atoms with Crippen molar-refractivity contribution in [3.63, 3.8) is 0 Å². The van der Waals surface area contributed by atoms with E-state index in [1.165, 1.54) is 15.8 Å². The van der Waals surface area contributed by atoms with Gasteiger partial charge in [-0.05, 0) is 30.4 Å². The number of aromatic nitrogens is 4. The van der Waals surface area contributed by atoms with Crippen LogP contribution in [0.2, 0.25) is 0 Å². The summed E-state index contributed by atoms with van der Waals surface area (Å²) in [5, 5.41) is 5.27. The molecule has 1 aliphatic heterocycles. The van der Waals surface area contributed by atoms with E-state index in [1.807, 2.05) is 60.7 Å². The van der Waals surface area contributed by atoms with Crippen molar-refractivity contribution in [3.05, 3.63) is 92.5 Å². The number of fused-ring (bicyclic) bond motifs is 1. The minimum atomic E-state index is -0.197. The second kappa shape index (κ2) is 8.49. The first-order chi connectivity index (χ1) is 15.6. The molecule has 4 aromatic rings. The molecule has 1 aliphatic rings. The fourth-order valence-corrected chi connectivity index (χ4v) is 4.53. The van der Waals surface area contributed by atoms with E-state index in [9.17, 15) is 9.59 Å². The van der Waals surface area contributed by atoms with Crippen LogP contribution in [0.15, 0.2) is 70.3 Å². The third kappa shape index (κ3) is 3.64. The van der Waals surface area contributed by atoms with E-state index < -0.39 is 0 Å². The van der Waals surface area contributed by atoms with Gasteiger partial charge in [-0.2, -0.15) is 5.10 Å². The van der Waals surface area contributed by atoms with Gasteiger partial charge in [0.2, 0.25) is 0 Å². The maximum atomic E-state index is 13.7. The van der Waals surface area contributed by atoms with Gasteiger partial charge in [-0.25, -0.2) is 9.36 Å². The molecule has 0 saturated carbocycles. The van der Waals surface area contributed by atoms with Crippen molar-refractivity contribution in [2.45, 2.75) is 32.4 Å². The number of anilines is 1. The Morgan fingerprint density at radius 1 is 0.781 bits per heavy atom. The Hall–Kier alpha value is -3.61. The van der Waals surface area contributed by atoms with Gasteiger partial charge >= 0.3 is 0 Å². The predicted molar refractivity (Wildman–Crippen MR) is 126 cm³/mol. The Morgan fingerprint density at radius 2 is 1.38 bits per heavy atom. The van der Waals surface area contributed by atoms with Gasteiger partial charge in [0.1, 0.15) is 10.9 Å². The minimum absolute atomic E-state index is 0.185. The van der Waals surface area contributed by atoms with E-state index >= 15 is 0 Å². The molecule has 2 aromatic carbocycles. The van der Waals surface area contributed by atoms with Crippen LogP contribution in [0.5, 0.6) is 0 Å². The molecule has 5 rings (SSSR count). The number of benzene rings is 2. The summed E-state index contributed by atoms with van der Waals surface area (Å²) in [6.45, 7) is 2.48. The van der Waals surface area contributed by atoms with Crippen LogP contribution in [0.4, 0.5) is 5.82 Å². The molecule has 0 spiro atoms. The summed E-state index contributed by atoms with van der Waals surface area (Å²) >= 11 is 0. The third-order valence-electron chi connectivity index (χ3n) is 6.25. The Labute approximate surface area is 186 Å². The van der Waals surface area contributed by atoms with Crippen LogP contribution in [0, 0.1) is 0 Å². The largest absolute Gasteiger partial charge is 0.354 e. The van der Waals surface area contributed by atoms with E-state index in [0.29, 0.717) is 29.8 Å². The summed E-state index contributed by atoms with van der Waals surface area (Å²) in [5.41, 5.74) is 2.01. The molecule has 0 atom stereocenters. The van der Waals surface area contributed by atoms with Crippen LogP contribution in [-0.2, 0) is 20.1 Å². The topological polar surface area (TPSA) is 65.1 Å². The second-order valence-corrected chi connectivity index (χ2v) is 8.42. The van der Waals surface area contributed by atoms with Gasteiger partial charge in [-0.15, -0.1) is 0 Å². The zero-order valence-electron chi connectivity index (χ0n) is 18.3. The molecule has 32 heavy (non-hydrogen) atoms. The first-order valence-electron chi connectivity index (χ1n) is 11.2. The smallest absolute Gasteiger partial charge is 0.291 e. The Bertz CT molecular complexity index is 1350. The lowest BCUT2D eigenvalue weighted by Crippen LogP contribution is -2.38. The molecule has 7 heteroatoms. The highest BCUT2D eigenvalue weighted by atomic mass is 16.2. The number of hydrogen-bond donors (Lipinski definition) is 0. The van der Waals surface area contributed by atoms with E-state index in [0.717, 1.165) is 37.1 Å². The summed E-state index contributed by atoms with van der Waals surface area (Å²) in [4.78, 5) is 29.4. The normalized spacial score (nSPS) is 14.2. The van der Waals surface area contributed by atoms with Crippen LogP contribution < -0.4 is 16.0 Å². The third-order valence-corrected chi connectivity index (χ3v) is 6.25. The average molecular weight is 430 g/mol. The van der Waals surface area contributed by atoms with Crippen molar-refractivity contribution in [3.8, 4) is 0 Å². The van der Waals surface area contributed by atoms with Crippen molar-refractivity contribution < 1.29 is 0 Å². The van der Waals surface area contributed by atoms with Gasteiger partial charge in [-0.1, -0.05) is 60.7 Å². The zero-order valence-corrected chi connectivity index (χ0v) is 18.3. The molecular weight excluding hydrogens is 402 g/mol. The Balaban J connectivity index is 1.72. The maximum absolute atomic E-state index is 13.7. The maximum Gasteiger partial charge on any atom is 0.291 e. The summed E-state index contributed by atoms with van der Waals surface area (Å²) in [5.74, 6) is 0.639. The number of nitrogens with zero attached hydrogens (tertiary/aromatic N) is 5. The number of piperidine rings is 1. The van der Waals surface area contributed by atoms with Gasteiger partial charge in [0.05, 0.1) is 13.1 Å². The number of hydrogen-bond acceptors (Lipinski definition) is 4. The Morgan fingerprint density at radius 3 is 2.00 bits per heavy atom. The van der Waals surface area contributed by atoms with Crippen molar-refractivity contribution in [2.24, 2.45) is 7.05 Å². The molecule has 2 aromatic heterocycles. The molecule has 0 unspecified atom stereocenters. The highest BCUT2D eigenvalue weighted by Crippen LogP contribution is 2.25. The highest BCUT2D eigenvalue weighted by Gasteiger charge is 2.25. The molecule has 1 fully saturated rings. The first kappa shape index (κ1) is 20.3. The minimum Gasteiger partial charge on any atom is -0.354 e. The van der Waals surface area contributed by atoms with Crippen LogP contribution in [0.1, 0.15) is 30.4 Å². The van der Waals surface area contributed by atoms with Crippen molar-refractivity contribution in [1.82, 2.24) is 19.1 Å². The SMILES string of the molecule is Cn1c(=O)c2c(N3CCCCC3)nn(Cc3ccccc3)c2c(=O)n1Cc1ccccc1. The molecule has 1 saturated heterocycles. The summed E-state index contributed by atoms with van der Waals surface area (Å²) < 4.78 is 4.68. The van der Waals surface area contributed by atoms with Gasteiger partial charge in [0.15, 0.2) is 5.82 Å². The highest BCUT2D eigenvalue weighted by molar-refractivity contribution is 5.89. The molecule has 0 amide bonds. The first-order valence-corrected chi connectivity index (χ1v) is 11.2. The number of rotatable bonds is 5. The molecule has 0 radical (unpaired) electrons. The van der Waals surface area contributed by atoms with Crippen LogP contribution in [0.25, 0.3) is 10.9 Å². The van der Waals surface area contributed by atoms with E-state index in [1.54, 1.807) is 11.7 Å². The zero-order chi connectivity index (χ0) is 22.1.